The van der Waals surface area contributed by atoms with Crippen molar-refractivity contribution in [2.45, 2.75) is 31.9 Å². The minimum Gasteiger partial charge on any atom is -0.354 e. The predicted molar refractivity (Wildman–Crippen MR) is 112 cm³/mol. The lowest BCUT2D eigenvalue weighted by atomic mass is 9.89. The van der Waals surface area contributed by atoms with E-state index >= 15 is 0 Å². The molecular weight excluding hydrogens is 346 g/mol. The third-order valence-corrected chi connectivity index (χ3v) is 5.13. The van der Waals surface area contributed by atoms with E-state index in [1.165, 1.54) is 11.1 Å². The van der Waals surface area contributed by atoms with Gasteiger partial charge < -0.3 is 4.74 Å². The van der Waals surface area contributed by atoms with Crippen LogP contribution in [0.4, 0.5) is 0 Å². The first kappa shape index (κ1) is 18.4. The number of rotatable bonds is 7. The maximum atomic E-state index is 6.32. The molecule has 0 N–H and O–H groups in total. The monoisotopic (exact) mass is 371 g/mol. The Morgan fingerprint density at radius 1 is 0.821 bits per heavy atom. The number of nitrogens with zero attached hydrogens (tertiary/aromatic N) is 3. The van der Waals surface area contributed by atoms with Crippen LogP contribution < -0.4 is 0 Å². The van der Waals surface area contributed by atoms with Crippen molar-refractivity contribution in [2.75, 3.05) is 6.61 Å². The lowest BCUT2D eigenvalue weighted by Gasteiger charge is -2.27. The lowest BCUT2D eigenvalue weighted by molar-refractivity contribution is -0.0860. The van der Waals surface area contributed by atoms with Gasteiger partial charge in [0, 0.05) is 5.92 Å². The Morgan fingerprint density at radius 3 is 2.04 bits per heavy atom. The summed E-state index contributed by atoms with van der Waals surface area (Å²) in [6.45, 7) is 4.69. The van der Waals surface area contributed by atoms with E-state index in [-0.39, 0.29) is 0 Å². The van der Waals surface area contributed by atoms with Crippen LogP contribution in [0.2, 0.25) is 0 Å². The van der Waals surface area contributed by atoms with Gasteiger partial charge in [-0.1, -0.05) is 78.0 Å². The average molecular weight is 371 g/mol. The fourth-order valence-corrected chi connectivity index (χ4v) is 3.65. The molecule has 3 aromatic carbocycles. The van der Waals surface area contributed by atoms with Crippen molar-refractivity contribution >= 4 is 11.0 Å². The summed E-state index contributed by atoms with van der Waals surface area (Å²) < 4.78 is 8.18. The molecule has 1 aromatic heterocycles. The van der Waals surface area contributed by atoms with Gasteiger partial charge in [0.15, 0.2) is 5.72 Å². The molecule has 0 atom stereocenters. The summed E-state index contributed by atoms with van der Waals surface area (Å²) in [5, 5.41) is 8.58. The Kier molecular flexibility index (Phi) is 5.22. The number of para-hydroxylation sites is 1. The number of ether oxygens (including phenoxy) is 1. The molecule has 4 heteroatoms. The number of hydrogen-bond acceptors (Lipinski definition) is 3. The Labute approximate surface area is 165 Å². The summed E-state index contributed by atoms with van der Waals surface area (Å²) in [5.41, 5.74) is 3.90. The zero-order chi connectivity index (χ0) is 19.4. The molecule has 0 bridgehead atoms. The minimum atomic E-state index is -0.575. The Hall–Kier alpha value is -2.98. The van der Waals surface area contributed by atoms with Gasteiger partial charge in [0.1, 0.15) is 5.52 Å². The molecular formula is C24H25N3O. The van der Waals surface area contributed by atoms with Crippen molar-refractivity contribution in [3.63, 3.8) is 0 Å². The molecule has 4 rings (SSSR count). The van der Waals surface area contributed by atoms with Gasteiger partial charge in [-0.3, -0.25) is 0 Å². The van der Waals surface area contributed by atoms with Crippen LogP contribution in [0.3, 0.4) is 0 Å². The van der Waals surface area contributed by atoms with Crippen LogP contribution in [-0.4, -0.2) is 21.6 Å². The molecule has 142 valence electrons. The normalized spacial score (nSPS) is 12.0. The fourth-order valence-electron chi connectivity index (χ4n) is 3.65. The van der Waals surface area contributed by atoms with Gasteiger partial charge >= 0.3 is 0 Å². The number of aromatic nitrogens is 3. The van der Waals surface area contributed by atoms with E-state index in [0.29, 0.717) is 12.5 Å². The molecule has 28 heavy (non-hydrogen) atoms. The number of benzene rings is 3. The highest BCUT2D eigenvalue weighted by Gasteiger charge is 2.25. The maximum Gasteiger partial charge on any atom is 0.157 e. The van der Waals surface area contributed by atoms with Crippen molar-refractivity contribution in [3.05, 3.63) is 96.1 Å². The van der Waals surface area contributed by atoms with Crippen LogP contribution in [0.15, 0.2) is 84.9 Å². The van der Waals surface area contributed by atoms with Gasteiger partial charge in [-0.15, -0.1) is 5.10 Å². The van der Waals surface area contributed by atoms with Crippen LogP contribution >= 0.6 is 0 Å². The molecule has 0 saturated heterocycles. The smallest absolute Gasteiger partial charge is 0.157 e. The summed E-state index contributed by atoms with van der Waals surface area (Å²) in [6, 6.07) is 29.2. The number of hydrogen-bond donors (Lipinski definition) is 0. The van der Waals surface area contributed by atoms with Crippen molar-refractivity contribution < 1.29 is 4.74 Å². The molecule has 0 spiro atoms. The second-order valence-corrected chi connectivity index (χ2v) is 7.45. The fraction of sp³-hybridized carbons (Fsp3) is 0.250. The third kappa shape index (κ3) is 3.82. The molecule has 0 aliphatic carbocycles. The van der Waals surface area contributed by atoms with E-state index in [4.69, 9.17) is 4.74 Å². The third-order valence-electron chi connectivity index (χ3n) is 5.13. The molecule has 0 aliphatic heterocycles. The quantitative estimate of drug-likeness (QED) is 0.439. The van der Waals surface area contributed by atoms with Gasteiger partial charge in [0.2, 0.25) is 0 Å². The molecule has 0 saturated carbocycles. The first-order chi connectivity index (χ1) is 13.6. The number of fused-ring (bicyclic) bond motifs is 1. The predicted octanol–water partition coefficient (Wildman–Crippen LogP) is 5.36. The van der Waals surface area contributed by atoms with Crippen LogP contribution in [0.5, 0.6) is 0 Å². The Bertz CT molecular complexity index is 986. The molecule has 4 aromatic rings. The molecule has 0 unspecified atom stereocenters. The van der Waals surface area contributed by atoms with Crippen LogP contribution in [0.25, 0.3) is 11.0 Å². The van der Waals surface area contributed by atoms with Gasteiger partial charge in [0.25, 0.3) is 0 Å². The van der Waals surface area contributed by atoms with E-state index in [1.807, 2.05) is 42.8 Å². The maximum absolute atomic E-state index is 6.32. The summed E-state index contributed by atoms with van der Waals surface area (Å²) in [6.07, 6.45) is 0.893. The van der Waals surface area contributed by atoms with Gasteiger partial charge in [-0.2, -0.15) is 0 Å². The molecule has 0 aliphatic rings. The highest BCUT2D eigenvalue weighted by atomic mass is 16.5. The van der Waals surface area contributed by atoms with E-state index < -0.39 is 5.72 Å². The molecule has 4 nitrogen and oxygen atoms in total. The van der Waals surface area contributed by atoms with Crippen LogP contribution in [0, 0.1) is 0 Å². The topological polar surface area (TPSA) is 39.9 Å². The van der Waals surface area contributed by atoms with E-state index in [9.17, 15) is 0 Å². The molecule has 1 heterocycles. The summed E-state index contributed by atoms with van der Waals surface area (Å²) in [7, 11) is 0. The van der Waals surface area contributed by atoms with Crippen molar-refractivity contribution in [3.8, 4) is 0 Å². The molecule has 0 fully saturated rings. The second-order valence-electron chi connectivity index (χ2n) is 7.45. The van der Waals surface area contributed by atoms with Crippen molar-refractivity contribution in [1.29, 1.82) is 0 Å². The molecule has 0 amide bonds. The summed E-state index contributed by atoms with van der Waals surface area (Å²) in [5.74, 6) is 0.297. The minimum absolute atomic E-state index is 0.297. The van der Waals surface area contributed by atoms with Crippen LogP contribution in [0.1, 0.15) is 37.3 Å². The first-order valence-electron chi connectivity index (χ1n) is 9.70. The van der Waals surface area contributed by atoms with Crippen molar-refractivity contribution in [1.82, 2.24) is 15.0 Å². The highest BCUT2D eigenvalue weighted by Crippen LogP contribution is 2.29. The van der Waals surface area contributed by atoms with Crippen molar-refractivity contribution in [2.24, 2.45) is 0 Å². The SMILES string of the molecule is CC(C)(OCCC(c1ccccc1)c1ccccc1)n1nnc2ccccc21. The first-order valence-corrected chi connectivity index (χ1v) is 9.70. The van der Waals surface area contributed by atoms with E-state index in [0.717, 1.165) is 17.5 Å². The zero-order valence-electron chi connectivity index (χ0n) is 16.3. The van der Waals surface area contributed by atoms with Gasteiger partial charge in [-0.25, -0.2) is 4.68 Å². The van der Waals surface area contributed by atoms with Gasteiger partial charge in [0.05, 0.1) is 12.1 Å². The van der Waals surface area contributed by atoms with E-state index in [2.05, 4.69) is 71.0 Å². The van der Waals surface area contributed by atoms with Crippen LogP contribution in [-0.2, 0) is 10.5 Å². The zero-order valence-corrected chi connectivity index (χ0v) is 16.3. The summed E-state index contributed by atoms with van der Waals surface area (Å²) in [4.78, 5) is 0. The Balaban J connectivity index is 1.51. The second kappa shape index (κ2) is 7.95. The van der Waals surface area contributed by atoms with Gasteiger partial charge in [-0.05, 0) is 43.5 Å². The molecule has 0 radical (unpaired) electrons. The standard InChI is InChI=1S/C24H25N3O/c1-24(2,27-23-16-10-9-15-22(23)25-26-27)28-18-17-21(19-11-5-3-6-12-19)20-13-7-4-8-14-20/h3-16,21H,17-18H2,1-2H3. The summed E-state index contributed by atoms with van der Waals surface area (Å²) >= 11 is 0. The largest absolute Gasteiger partial charge is 0.354 e. The average Bonchev–Trinajstić information content (AvgIpc) is 3.18. The van der Waals surface area contributed by atoms with E-state index in [1.54, 1.807) is 0 Å². The lowest BCUT2D eigenvalue weighted by Crippen LogP contribution is -2.31. The Morgan fingerprint density at radius 2 is 1.39 bits per heavy atom. The highest BCUT2D eigenvalue weighted by molar-refractivity contribution is 5.74.